The molecule has 0 radical (unpaired) electrons. The van der Waals surface area contributed by atoms with Gasteiger partial charge in [-0.1, -0.05) is 19.1 Å². The van der Waals surface area contributed by atoms with E-state index >= 15 is 0 Å². The molecule has 112 valence electrons. The van der Waals surface area contributed by atoms with Crippen molar-refractivity contribution in [3.05, 3.63) is 52.0 Å². The topological polar surface area (TPSA) is 72.2 Å². The van der Waals surface area contributed by atoms with Crippen LogP contribution in [0.1, 0.15) is 18.1 Å². The summed E-state index contributed by atoms with van der Waals surface area (Å²) in [5, 5.41) is 0. The second-order valence-electron chi connectivity index (χ2n) is 4.80. The Kier molecular flexibility index (Phi) is 4.58. The van der Waals surface area contributed by atoms with E-state index in [0.717, 1.165) is 12.0 Å². The summed E-state index contributed by atoms with van der Waals surface area (Å²) in [6.45, 7) is 3.78. The van der Waals surface area contributed by atoms with E-state index in [4.69, 9.17) is 5.73 Å². The molecule has 0 fully saturated rings. The van der Waals surface area contributed by atoms with E-state index in [2.05, 4.69) is 20.7 Å². The lowest BCUT2D eigenvalue weighted by Crippen LogP contribution is -2.14. The minimum atomic E-state index is -3.65. The first-order chi connectivity index (χ1) is 9.83. The number of halogens is 1. The van der Waals surface area contributed by atoms with Crippen LogP contribution in [0.15, 0.2) is 45.8 Å². The molecular weight excluding hydrogens is 352 g/mol. The number of nitrogens with one attached hydrogen (secondary N) is 1. The molecular formula is C15H17BrN2O2S. The molecule has 21 heavy (non-hydrogen) atoms. The van der Waals surface area contributed by atoms with Crippen LogP contribution in [-0.4, -0.2) is 8.42 Å². The van der Waals surface area contributed by atoms with Gasteiger partial charge in [0.25, 0.3) is 10.0 Å². The molecule has 0 aliphatic rings. The van der Waals surface area contributed by atoms with E-state index in [1.807, 2.05) is 19.1 Å². The number of aryl methyl sites for hydroxylation is 2. The molecule has 0 bridgehead atoms. The third-order valence-electron chi connectivity index (χ3n) is 3.20. The van der Waals surface area contributed by atoms with Crippen molar-refractivity contribution in [2.24, 2.45) is 0 Å². The van der Waals surface area contributed by atoms with Gasteiger partial charge in [0, 0.05) is 15.8 Å². The van der Waals surface area contributed by atoms with Crippen molar-refractivity contribution in [2.75, 3.05) is 10.5 Å². The lowest BCUT2D eigenvalue weighted by Gasteiger charge is -2.12. The summed E-state index contributed by atoms with van der Waals surface area (Å²) >= 11 is 3.29. The van der Waals surface area contributed by atoms with Gasteiger partial charge >= 0.3 is 0 Å². The average molecular weight is 369 g/mol. The zero-order valence-electron chi connectivity index (χ0n) is 11.9. The third kappa shape index (κ3) is 3.57. The number of rotatable bonds is 4. The van der Waals surface area contributed by atoms with Crippen LogP contribution < -0.4 is 10.5 Å². The number of hydrogen-bond acceptors (Lipinski definition) is 3. The van der Waals surface area contributed by atoms with Crippen molar-refractivity contribution in [2.45, 2.75) is 25.2 Å². The molecule has 0 saturated carbocycles. The Morgan fingerprint density at radius 2 is 1.81 bits per heavy atom. The van der Waals surface area contributed by atoms with Crippen molar-refractivity contribution >= 4 is 37.3 Å². The first kappa shape index (κ1) is 15.9. The molecule has 4 nitrogen and oxygen atoms in total. The largest absolute Gasteiger partial charge is 0.398 e. The van der Waals surface area contributed by atoms with Crippen LogP contribution in [0.2, 0.25) is 0 Å². The highest BCUT2D eigenvalue weighted by molar-refractivity contribution is 9.10. The average Bonchev–Trinajstić information content (AvgIpc) is 2.43. The standard InChI is InChI=1S/C15H17BrN2O2S/c1-3-11-4-6-12(7-5-11)18-21(19,20)15-9-14(17)13(16)8-10(15)2/h4-9,18H,3,17H2,1-2H3. The van der Waals surface area contributed by atoms with Crippen LogP contribution in [0.3, 0.4) is 0 Å². The number of anilines is 2. The summed E-state index contributed by atoms with van der Waals surface area (Å²) in [6, 6.07) is 10.5. The first-order valence-electron chi connectivity index (χ1n) is 6.51. The fourth-order valence-electron chi connectivity index (χ4n) is 1.98. The smallest absolute Gasteiger partial charge is 0.262 e. The minimum absolute atomic E-state index is 0.183. The molecule has 2 aromatic rings. The van der Waals surface area contributed by atoms with E-state index < -0.39 is 10.0 Å². The van der Waals surface area contributed by atoms with Gasteiger partial charge in [0.1, 0.15) is 0 Å². The van der Waals surface area contributed by atoms with Crippen LogP contribution in [0.5, 0.6) is 0 Å². The van der Waals surface area contributed by atoms with Gasteiger partial charge in [-0.15, -0.1) is 0 Å². The molecule has 0 aromatic heterocycles. The number of benzene rings is 2. The SMILES string of the molecule is CCc1ccc(NS(=O)(=O)c2cc(N)c(Br)cc2C)cc1. The monoisotopic (exact) mass is 368 g/mol. The van der Waals surface area contributed by atoms with Gasteiger partial charge in [-0.2, -0.15) is 0 Å². The fraction of sp³-hybridized carbons (Fsp3) is 0.200. The van der Waals surface area contributed by atoms with Crippen LogP contribution in [0, 0.1) is 6.92 Å². The number of hydrogen-bond donors (Lipinski definition) is 2. The predicted octanol–water partition coefficient (Wildman–Crippen LogP) is 3.70. The molecule has 0 saturated heterocycles. The molecule has 2 rings (SSSR count). The molecule has 0 aliphatic heterocycles. The summed E-state index contributed by atoms with van der Waals surface area (Å²) < 4.78 is 28.2. The fourth-order valence-corrected chi connectivity index (χ4v) is 3.76. The van der Waals surface area contributed by atoms with Gasteiger partial charge in [-0.05, 0) is 64.7 Å². The molecule has 0 atom stereocenters. The van der Waals surface area contributed by atoms with Crippen LogP contribution in [-0.2, 0) is 16.4 Å². The van der Waals surface area contributed by atoms with Crippen LogP contribution in [0.25, 0.3) is 0 Å². The predicted molar refractivity (Wildman–Crippen MR) is 89.9 cm³/mol. The Labute approximate surface area is 133 Å². The van der Waals surface area contributed by atoms with Crippen molar-refractivity contribution in [3.63, 3.8) is 0 Å². The van der Waals surface area contributed by atoms with Gasteiger partial charge in [0.05, 0.1) is 4.90 Å². The molecule has 2 aromatic carbocycles. The maximum Gasteiger partial charge on any atom is 0.262 e. The quantitative estimate of drug-likeness (QED) is 0.808. The highest BCUT2D eigenvalue weighted by Gasteiger charge is 2.18. The summed E-state index contributed by atoms with van der Waals surface area (Å²) in [6.07, 6.45) is 0.912. The Morgan fingerprint density at radius 1 is 1.19 bits per heavy atom. The number of nitrogens with two attached hydrogens (primary N) is 1. The summed E-state index contributed by atoms with van der Waals surface area (Å²) in [7, 11) is -3.65. The highest BCUT2D eigenvalue weighted by atomic mass is 79.9. The van der Waals surface area contributed by atoms with Crippen LogP contribution >= 0.6 is 15.9 Å². The number of sulfonamides is 1. The lowest BCUT2D eigenvalue weighted by atomic mass is 10.2. The van der Waals surface area contributed by atoms with Gasteiger partial charge in [-0.25, -0.2) is 8.42 Å². The third-order valence-corrected chi connectivity index (χ3v) is 5.41. The second-order valence-corrected chi connectivity index (χ2v) is 7.30. The molecule has 0 aliphatic carbocycles. The maximum absolute atomic E-state index is 12.5. The number of nitrogen functional groups attached to an aromatic ring is 1. The van der Waals surface area contributed by atoms with Crippen molar-refractivity contribution in [1.29, 1.82) is 0 Å². The van der Waals surface area contributed by atoms with E-state index in [-0.39, 0.29) is 4.90 Å². The minimum Gasteiger partial charge on any atom is -0.398 e. The lowest BCUT2D eigenvalue weighted by molar-refractivity contribution is 0.600. The van der Waals surface area contributed by atoms with Gasteiger partial charge in [0.15, 0.2) is 0 Å². The highest BCUT2D eigenvalue weighted by Crippen LogP contribution is 2.28. The first-order valence-corrected chi connectivity index (χ1v) is 8.78. The Bertz CT molecular complexity index is 756. The zero-order valence-corrected chi connectivity index (χ0v) is 14.3. The Morgan fingerprint density at radius 3 is 2.38 bits per heavy atom. The van der Waals surface area contributed by atoms with Gasteiger partial charge in [0.2, 0.25) is 0 Å². The Hall–Kier alpha value is -1.53. The Balaban J connectivity index is 2.35. The van der Waals surface area contributed by atoms with Gasteiger partial charge < -0.3 is 5.73 Å². The molecule has 0 heterocycles. The molecule has 0 amide bonds. The van der Waals surface area contributed by atoms with Crippen molar-refractivity contribution < 1.29 is 8.42 Å². The summed E-state index contributed by atoms with van der Waals surface area (Å²) in [4.78, 5) is 0.183. The summed E-state index contributed by atoms with van der Waals surface area (Å²) in [5.41, 5.74) is 8.49. The molecule has 0 spiro atoms. The molecule has 6 heteroatoms. The van der Waals surface area contributed by atoms with Gasteiger partial charge in [-0.3, -0.25) is 4.72 Å². The van der Waals surface area contributed by atoms with Crippen molar-refractivity contribution in [1.82, 2.24) is 0 Å². The van der Waals surface area contributed by atoms with E-state index in [1.54, 1.807) is 25.1 Å². The summed E-state index contributed by atoms with van der Waals surface area (Å²) in [5.74, 6) is 0. The normalized spacial score (nSPS) is 11.4. The second kappa shape index (κ2) is 6.07. The van der Waals surface area contributed by atoms with E-state index in [1.165, 1.54) is 6.07 Å². The van der Waals surface area contributed by atoms with E-state index in [9.17, 15) is 8.42 Å². The zero-order chi connectivity index (χ0) is 15.6. The maximum atomic E-state index is 12.5. The van der Waals surface area contributed by atoms with Crippen LogP contribution in [0.4, 0.5) is 11.4 Å². The van der Waals surface area contributed by atoms with Crippen molar-refractivity contribution in [3.8, 4) is 0 Å². The molecule has 0 unspecified atom stereocenters. The molecule has 3 N–H and O–H groups in total. The van der Waals surface area contributed by atoms with E-state index in [0.29, 0.717) is 21.4 Å².